The molecule has 1 unspecified atom stereocenters. The number of nitro benzene ring substituents is 1. The van der Waals surface area contributed by atoms with Crippen molar-refractivity contribution in [3.05, 3.63) is 46.3 Å². The molecule has 0 aliphatic heterocycles. The molecule has 1 aromatic carbocycles. The highest BCUT2D eigenvalue weighted by atomic mass is 31.2. The number of carbonyl (C=O) groups is 1. The van der Waals surface area contributed by atoms with Crippen LogP contribution in [0.5, 0.6) is 0 Å². The summed E-state index contributed by atoms with van der Waals surface area (Å²) in [5, 5.41) is 21.5. The first-order valence-corrected chi connectivity index (χ1v) is 8.70. The van der Waals surface area contributed by atoms with E-state index in [1.165, 1.54) is 18.2 Å². The van der Waals surface area contributed by atoms with Crippen LogP contribution in [0, 0.1) is 10.1 Å². The lowest BCUT2D eigenvalue weighted by molar-refractivity contribution is -0.385. The quantitative estimate of drug-likeness (QED) is 0.322. The first kappa shape index (κ1) is 18.4. The molecule has 1 heterocycles. The monoisotopic (exact) mass is 370 g/mol. The van der Waals surface area contributed by atoms with Crippen LogP contribution in [-0.2, 0) is 9.30 Å². The molecule has 0 spiro atoms. The summed E-state index contributed by atoms with van der Waals surface area (Å²) in [4.78, 5) is 36.3. The second kappa shape index (κ2) is 7.73. The first-order valence-electron chi connectivity index (χ1n) is 6.98. The van der Waals surface area contributed by atoms with Gasteiger partial charge in [0.1, 0.15) is 6.33 Å². The Hall–Kier alpha value is -2.98. The number of ether oxygens (including phenoxy) is 1. The number of nitrogens with zero attached hydrogens (tertiary/aromatic N) is 3. The minimum absolute atomic E-state index is 0.0146. The minimum Gasteiger partial charge on any atom is -0.450 e. The van der Waals surface area contributed by atoms with Crippen LogP contribution in [0.3, 0.4) is 0 Å². The smallest absolute Gasteiger partial charge is 0.408 e. The van der Waals surface area contributed by atoms with Crippen molar-refractivity contribution in [2.45, 2.75) is 12.7 Å². The molecule has 0 saturated carbocycles. The predicted molar refractivity (Wildman–Crippen MR) is 85.8 cm³/mol. The normalized spacial score (nSPS) is 14.2. The lowest BCUT2D eigenvalue weighted by Gasteiger charge is -2.24. The number of amides is 1. The molecule has 2 rings (SSSR count). The van der Waals surface area contributed by atoms with Crippen molar-refractivity contribution in [1.82, 2.24) is 20.5 Å². The topological polar surface area (TPSA) is 172 Å². The molecule has 2 aromatic rings. The Morgan fingerprint density at radius 3 is 2.84 bits per heavy atom. The Labute approximate surface area is 141 Å². The van der Waals surface area contributed by atoms with Gasteiger partial charge in [0.15, 0.2) is 5.78 Å². The van der Waals surface area contributed by atoms with E-state index in [1.807, 2.05) is 0 Å². The Morgan fingerprint density at radius 1 is 1.52 bits per heavy atom. The molecule has 25 heavy (non-hydrogen) atoms. The zero-order valence-electron chi connectivity index (χ0n) is 12.9. The van der Waals surface area contributed by atoms with Gasteiger partial charge in [0, 0.05) is 6.07 Å². The van der Waals surface area contributed by atoms with Gasteiger partial charge in [-0.05, 0) is 13.0 Å². The van der Waals surface area contributed by atoms with Crippen LogP contribution in [0.25, 0.3) is 0 Å². The van der Waals surface area contributed by atoms with E-state index >= 15 is 0 Å². The van der Waals surface area contributed by atoms with Crippen molar-refractivity contribution in [1.29, 1.82) is 0 Å². The molecule has 1 aromatic heterocycles. The van der Waals surface area contributed by atoms with E-state index in [2.05, 4.69) is 25.6 Å². The van der Waals surface area contributed by atoms with E-state index in [0.29, 0.717) is 0 Å². The van der Waals surface area contributed by atoms with Crippen LogP contribution in [0.2, 0.25) is 0 Å². The van der Waals surface area contributed by atoms with Crippen molar-refractivity contribution >= 4 is 25.2 Å². The maximum Gasteiger partial charge on any atom is 0.408 e. The van der Waals surface area contributed by atoms with Gasteiger partial charge in [0.25, 0.3) is 5.69 Å². The molecule has 1 amide bonds. The largest absolute Gasteiger partial charge is 0.450 e. The van der Waals surface area contributed by atoms with E-state index in [-0.39, 0.29) is 18.1 Å². The molecule has 0 aliphatic carbocycles. The van der Waals surface area contributed by atoms with E-state index in [0.717, 1.165) is 12.4 Å². The average molecular weight is 370 g/mol. The van der Waals surface area contributed by atoms with E-state index in [9.17, 15) is 24.4 Å². The highest BCUT2D eigenvalue weighted by Gasteiger charge is 2.39. The zero-order valence-corrected chi connectivity index (χ0v) is 13.8. The van der Waals surface area contributed by atoms with Crippen molar-refractivity contribution in [2.75, 3.05) is 11.7 Å². The van der Waals surface area contributed by atoms with Crippen molar-refractivity contribution in [2.24, 2.45) is 0 Å². The summed E-state index contributed by atoms with van der Waals surface area (Å²) in [7, 11) is -4.46. The highest BCUT2D eigenvalue weighted by molar-refractivity contribution is 7.59. The van der Waals surface area contributed by atoms with E-state index in [1.54, 1.807) is 6.92 Å². The molecule has 13 heteroatoms. The third-order valence-corrected chi connectivity index (χ3v) is 4.63. The lowest BCUT2D eigenvalue weighted by Crippen LogP contribution is -2.31. The Kier molecular flexibility index (Phi) is 5.67. The molecule has 0 bridgehead atoms. The van der Waals surface area contributed by atoms with Gasteiger partial charge < -0.3 is 14.9 Å². The van der Waals surface area contributed by atoms with E-state index in [4.69, 9.17) is 4.74 Å². The number of aromatic nitrogens is 3. The number of alkyl carbamates (subject to hydrolysis) is 1. The van der Waals surface area contributed by atoms with Crippen molar-refractivity contribution < 1.29 is 23.9 Å². The number of carbonyl (C=O) groups excluding carboxylic acids is 1. The standard InChI is InChI=1S/C12H15N6O6P/c1-2-24-12(19)15-10(8-5-3-4-6-9(8)18(20)21)25(22,23)17-11-13-7-14-16-11/h3-7,10H,2H2,1H3,(H,15,19)(H3,13,14,16,17,22,23)/t10-/m1/s1. The fourth-order valence-corrected chi connectivity index (χ4v) is 3.41. The van der Waals surface area contributed by atoms with Gasteiger partial charge in [0.2, 0.25) is 5.95 Å². The van der Waals surface area contributed by atoms with Gasteiger partial charge in [-0.15, -0.1) is 0 Å². The summed E-state index contributed by atoms with van der Waals surface area (Å²) < 4.78 is 17.5. The fraction of sp³-hybridized carbons (Fsp3) is 0.250. The van der Waals surface area contributed by atoms with Gasteiger partial charge in [-0.25, -0.2) is 9.89 Å². The van der Waals surface area contributed by atoms with Crippen LogP contribution in [0.15, 0.2) is 30.6 Å². The lowest BCUT2D eigenvalue weighted by atomic mass is 10.2. The van der Waals surface area contributed by atoms with Crippen LogP contribution >= 0.6 is 7.52 Å². The maximum absolute atomic E-state index is 12.8. The van der Waals surface area contributed by atoms with Gasteiger partial charge in [-0.3, -0.25) is 19.8 Å². The summed E-state index contributed by atoms with van der Waals surface area (Å²) in [6.45, 7) is 1.56. The summed E-state index contributed by atoms with van der Waals surface area (Å²) in [6, 6.07) is 5.26. The summed E-state index contributed by atoms with van der Waals surface area (Å²) >= 11 is 0. The molecule has 2 atom stereocenters. The molecule has 0 fully saturated rings. The number of hydrogen-bond donors (Lipinski definition) is 4. The molecule has 134 valence electrons. The Balaban J connectivity index is 2.44. The highest BCUT2D eigenvalue weighted by Crippen LogP contribution is 2.54. The van der Waals surface area contributed by atoms with Gasteiger partial charge in [0.05, 0.1) is 17.1 Å². The van der Waals surface area contributed by atoms with Crippen molar-refractivity contribution in [3.8, 4) is 0 Å². The molecule has 0 radical (unpaired) electrons. The number of aromatic amines is 1. The fourth-order valence-electron chi connectivity index (χ4n) is 2.00. The summed E-state index contributed by atoms with van der Waals surface area (Å²) in [5.41, 5.74) is -0.601. The molecule has 0 aliphatic rings. The minimum atomic E-state index is -4.46. The van der Waals surface area contributed by atoms with Crippen LogP contribution in [0.4, 0.5) is 16.4 Å². The number of H-pyrrole nitrogens is 1. The molecule has 4 N–H and O–H groups in total. The first-order chi connectivity index (χ1) is 11.8. The predicted octanol–water partition coefficient (Wildman–Crippen LogP) is 1.76. The average Bonchev–Trinajstić information content (AvgIpc) is 3.05. The molecule has 0 saturated heterocycles. The second-order valence-electron chi connectivity index (χ2n) is 4.65. The molecular weight excluding hydrogens is 355 g/mol. The number of nitro groups is 1. The number of rotatable bonds is 7. The number of benzene rings is 1. The molecular formula is C12H15N6O6P. The van der Waals surface area contributed by atoms with Gasteiger partial charge in [-0.1, -0.05) is 12.1 Å². The Bertz CT molecular complexity index is 797. The van der Waals surface area contributed by atoms with Crippen LogP contribution in [-0.4, -0.2) is 37.7 Å². The van der Waals surface area contributed by atoms with Gasteiger partial charge in [-0.2, -0.15) is 10.1 Å². The number of para-hydroxylation sites is 1. The molecule has 12 nitrogen and oxygen atoms in total. The van der Waals surface area contributed by atoms with Crippen LogP contribution < -0.4 is 10.4 Å². The van der Waals surface area contributed by atoms with Crippen molar-refractivity contribution in [3.63, 3.8) is 0 Å². The Morgan fingerprint density at radius 2 is 2.24 bits per heavy atom. The third kappa shape index (κ3) is 4.52. The number of hydrogen-bond acceptors (Lipinski definition) is 7. The van der Waals surface area contributed by atoms with E-state index < -0.39 is 30.0 Å². The summed E-state index contributed by atoms with van der Waals surface area (Å²) in [6.07, 6.45) is 0.0976. The zero-order chi connectivity index (χ0) is 18.4. The van der Waals surface area contributed by atoms with Gasteiger partial charge >= 0.3 is 13.6 Å². The number of anilines is 1. The second-order valence-corrected chi connectivity index (χ2v) is 6.64. The third-order valence-electron chi connectivity index (χ3n) is 2.99. The maximum atomic E-state index is 12.8. The van der Waals surface area contributed by atoms with Crippen LogP contribution in [0.1, 0.15) is 18.3 Å². The summed E-state index contributed by atoms with van der Waals surface area (Å²) in [5.74, 6) is -1.79. The number of nitrogens with one attached hydrogen (secondary N) is 3. The SMILES string of the molecule is CCOC(=O)N[C@@H](c1ccccc1[N+](=O)[O-])P(=O)(O)Nc1ncn[nH]1.